The summed E-state index contributed by atoms with van der Waals surface area (Å²) in [5.41, 5.74) is 5.38. The summed E-state index contributed by atoms with van der Waals surface area (Å²) in [5.74, 6) is -0.141. The number of fused-ring (bicyclic) bond motifs is 1. The molecule has 1 saturated heterocycles. The largest absolute Gasteiger partial charge is 0.347 e. The molecule has 31 heavy (non-hydrogen) atoms. The normalized spacial score (nSPS) is 16.8. The molecule has 4 aromatic rings. The second-order valence-corrected chi connectivity index (χ2v) is 9.24. The highest BCUT2D eigenvalue weighted by Gasteiger charge is 2.26. The van der Waals surface area contributed by atoms with Crippen LogP contribution in [0.5, 0.6) is 0 Å². The maximum atomic E-state index is 13.2. The van der Waals surface area contributed by atoms with Crippen LogP contribution in [0.4, 0.5) is 0 Å². The van der Waals surface area contributed by atoms with E-state index in [0.717, 1.165) is 57.1 Å². The van der Waals surface area contributed by atoms with Gasteiger partial charge < -0.3 is 10.2 Å². The molecule has 1 aliphatic heterocycles. The number of likely N-dealkylation sites (tertiary alicyclic amines) is 1. The van der Waals surface area contributed by atoms with Crippen molar-refractivity contribution in [3.05, 3.63) is 53.5 Å². The molecule has 2 N–H and O–H groups in total. The number of nitrogens with one attached hydrogen (secondary N) is 2. The monoisotopic (exact) mass is 432 g/mol. The number of nitrogens with zero attached hydrogens (tertiary/aromatic N) is 4. The van der Waals surface area contributed by atoms with Gasteiger partial charge in [-0.25, -0.2) is 4.98 Å². The number of H-pyrrole nitrogens is 1. The number of hydrogen-bond acceptors (Lipinski definition) is 6. The molecule has 1 aromatic carbocycles. The molecule has 1 aliphatic rings. The van der Waals surface area contributed by atoms with Crippen molar-refractivity contribution in [2.24, 2.45) is 0 Å². The molecule has 5 rings (SSSR count). The van der Waals surface area contributed by atoms with E-state index in [9.17, 15) is 4.79 Å². The van der Waals surface area contributed by atoms with E-state index in [-0.39, 0.29) is 11.9 Å². The van der Waals surface area contributed by atoms with Gasteiger partial charge in [-0.15, -0.1) is 11.3 Å². The Hall–Kier alpha value is -3.10. The minimum Gasteiger partial charge on any atom is -0.347 e. The number of thiazole rings is 1. The number of aromatic nitrogens is 4. The molecule has 1 amide bonds. The Morgan fingerprint density at radius 1 is 1.32 bits per heavy atom. The van der Waals surface area contributed by atoms with E-state index in [1.54, 1.807) is 12.4 Å². The van der Waals surface area contributed by atoms with E-state index >= 15 is 0 Å². The fourth-order valence-electron chi connectivity index (χ4n) is 4.21. The predicted molar refractivity (Wildman–Crippen MR) is 123 cm³/mol. The van der Waals surface area contributed by atoms with Crippen molar-refractivity contribution in [2.75, 3.05) is 20.1 Å². The first kappa shape index (κ1) is 19.8. The van der Waals surface area contributed by atoms with E-state index in [0.29, 0.717) is 5.69 Å². The first-order valence-electron chi connectivity index (χ1n) is 10.4. The molecule has 7 nitrogen and oxygen atoms in total. The van der Waals surface area contributed by atoms with Gasteiger partial charge in [-0.05, 0) is 51.6 Å². The van der Waals surface area contributed by atoms with Crippen LogP contribution >= 0.6 is 11.3 Å². The summed E-state index contributed by atoms with van der Waals surface area (Å²) in [6.07, 6.45) is 4.45. The van der Waals surface area contributed by atoms with Gasteiger partial charge in [-0.2, -0.15) is 5.10 Å². The van der Waals surface area contributed by atoms with Crippen LogP contribution in [0.3, 0.4) is 0 Å². The van der Waals surface area contributed by atoms with Gasteiger partial charge in [0, 0.05) is 35.9 Å². The fourth-order valence-corrected chi connectivity index (χ4v) is 5.28. The average molecular weight is 433 g/mol. The highest BCUT2D eigenvalue weighted by atomic mass is 32.1. The summed E-state index contributed by atoms with van der Waals surface area (Å²) in [6, 6.07) is 8.21. The molecule has 0 aliphatic carbocycles. The van der Waals surface area contributed by atoms with Gasteiger partial charge in [0.2, 0.25) is 0 Å². The molecule has 0 saturated carbocycles. The van der Waals surface area contributed by atoms with E-state index in [1.807, 2.05) is 12.1 Å². The van der Waals surface area contributed by atoms with Crippen molar-refractivity contribution in [1.82, 2.24) is 30.4 Å². The third-order valence-corrected chi connectivity index (χ3v) is 6.82. The molecule has 1 unspecified atom stereocenters. The Labute approximate surface area is 184 Å². The molecule has 3 aromatic heterocycles. The van der Waals surface area contributed by atoms with Crippen molar-refractivity contribution in [3.63, 3.8) is 0 Å². The zero-order valence-corrected chi connectivity index (χ0v) is 18.6. The number of carbonyl (C=O) groups is 1. The van der Waals surface area contributed by atoms with Crippen molar-refractivity contribution in [2.45, 2.75) is 26.3 Å². The Morgan fingerprint density at radius 3 is 2.94 bits per heavy atom. The Bertz CT molecular complexity index is 1260. The number of pyridine rings is 1. The molecule has 4 heterocycles. The molecule has 1 atom stereocenters. The molecular weight excluding hydrogens is 408 g/mol. The number of benzene rings is 1. The average Bonchev–Trinajstić information content (AvgIpc) is 3.46. The molecule has 8 heteroatoms. The molecule has 0 bridgehead atoms. The SMILES string of the molecule is Cc1cc(C)c2n[nH]c(-c3nc(C(=O)NC4CCN(C)C4)c(-c4cccnc4)s3)c2c1. The summed E-state index contributed by atoms with van der Waals surface area (Å²) in [6.45, 7) is 5.97. The number of aryl methyl sites for hydroxylation is 2. The number of carbonyl (C=O) groups excluding carboxylic acids is 1. The van der Waals surface area contributed by atoms with Gasteiger partial charge in [-0.1, -0.05) is 17.7 Å². The maximum absolute atomic E-state index is 13.2. The smallest absolute Gasteiger partial charge is 0.271 e. The lowest BCUT2D eigenvalue weighted by Crippen LogP contribution is -2.36. The zero-order valence-electron chi connectivity index (χ0n) is 17.8. The van der Waals surface area contributed by atoms with Crippen molar-refractivity contribution in [3.8, 4) is 21.1 Å². The lowest BCUT2D eigenvalue weighted by molar-refractivity contribution is 0.0935. The van der Waals surface area contributed by atoms with Gasteiger partial charge >= 0.3 is 0 Å². The van der Waals surface area contributed by atoms with Crippen molar-refractivity contribution >= 4 is 28.1 Å². The van der Waals surface area contributed by atoms with Crippen molar-refractivity contribution < 1.29 is 4.79 Å². The maximum Gasteiger partial charge on any atom is 0.271 e. The molecule has 1 fully saturated rings. The minimum absolute atomic E-state index is 0.141. The first-order valence-corrected chi connectivity index (χ1v) is 11.2. The molecule has 0 radical (unpaired) electrons. The van der Waals surface area contributed by atoms with Gasteiger partial charge in [-0.3, -0.25) is 14.9 Å². The second kappa shape index (κ2) is 7.86. The molecule has 0 spiro atoms. The highest BCUT2D eigenvalue weighted by molar-refractivity contribution is 7.18. The van der Waals surface area contributed by atoms with Crippen LogP contribution in [0.15, 0.2) is 36.7 Å². The predicted octanol–water partition coefficient (Wildman–Crippen LogP) is 3.80. The molecule has 158 valence electrons. The van der Waals surface area contributed by atoms with Crippen LogP contribution in [0.25, 0.3) is 32.0 Å². The van der Waals surface area contributed by atoms with Crippen molar-refractivity contribution in [1.29, 1.82) is 0 Å². The van der Waals surface area contributed by atoms with Crippen LogP contribution in [-0.4, -0.2) is 57.2 Å². The second-order valence-electron chi connectivity index (χ2n) is 8.24. The van der Waals surface area contributed by atoms with Gasteiger partial charge in [0.25, 0.3) is 5.91 Å². The lowest BCUT2D eigenvalue weighted by Gasteiger charge is -2.12. The topological polar surface area (TPSA) is 86.8 Å². The zero-order chi connectivity index (χ0) is 21.5. The minimum atomic E-state index is -0.141. The van der Waals surface area contributed by atoms with Gasteiger partial charge in [0.15, 0.2) is 0 Å². The number of aromatic amines is 1. The summed E-state index contributed by atoms with van der Waals surface area (Å²) < 4.78 is 0. The van der Waals surface area contributed by atoms with Crippen LogP contribution in [0.1, 0.15) is 28.0 Å². The number of rotatable bonds is 4. The standard InChI is InChI=1S/C23H24N6OS/c1-13-9-14(2)18-17(10-13)19(28-27-18)23-26-20(21(31-23)15-5-4-7-24-11-15)22(30)25-16-6-8-29(3)12-16/h4-5,7,9-11,16H,6,8,12H2,1-3H3,(H,25,30)(H,27,28). The Balaban J connectivity index is 1.59. The summed E-state index contributed by atoms with van der Waals surface area (Å²) in [5, 5.41) is 12.6. The lowest BCUT2D eigenvalue weighted by atomic mass is 10.1. The van der Waals surface area contributed by atoms with Crippen LogP contribution in [0.2, 0.25) is 0 Å². The van der Waals surface area contributed by atoms with Crippen LogP contribution in [-0.2, 0) is 0 Å². The van der Waals surface area contributed by atoms with Gasteiger partial charge in [0.1, 0.15) is 16.4 Å². The Kier molecular flexibility index (Phi) is 5.03. The van der Waals surface area contributed by atoms with E-state index in [4.69, 9.17) is 4.98 Å². The summed E-state index contributed by atoms with van der Waals surface area (Å²) in [7, 11) is 2.07. The first-order chi connectivity index (χ1) is 15.0. The Morgan fingerprint density at radius 2 is 2.19 bits per heavy atom. The third kappa shape index (κ3) is 3.73. The van der Waals surface area contributed by atoms with Gasteiger partial charge in [0.05, 0.1) is 10.4 Å². The van der Waals surface area contributed by atoms with Crippen LogP contribution in [0, 0.1) is 13.8 Å². The fraction of sp³-hybridized carbons (Fsp3) is 0.304. The van der Waals surface area contributed by atoms with E-state index in [1.165, 1.54) is 16.9 Å². The number of amides is 1. The number of hydrogen-bond donors (Lipinski definition) is 2. The third-order valence-electron chi connectivity index (χ3n) is 5.70. The summed E-state index contributed by atoms with van der Waals surface area (Å²) >= 11 is 1.49. The quantitative estimate of drug-likeness (QED) is 0.512. The van der Waals surface area contributed by atoms with E-state index < -0.39 is 0 Å². The number of likely N-dealkylation sites (N-methyl/N-ethyl adjacent to an activating group) is 1. The summed E-state index contributed by atoms with van der Waals surface area (Å²) in [4.78, 5) is 25.3. The van der Waals surface area contributed by atoms with Crippen LogP contribution < -0.4 is 5.32 Å². The molecular formula is C23H24N6OS. The van der Waals surface area contributed by atoms with E-state index in [2.05, 4.69) is 58.4 Å². The highest BCUT2D eigenvalue weighted by Crippen LogP contribution is 2.37.